The first kappa shape index (κ1) is 22.5. The van der Waals surface area contributed by atoms with E-state index in [1.165, 1.54) is 26.4 Å². The molecule has 0 aromatic heterocycles. The lowest BCUT2D eigenvalue weighted by atomic mass is 10.1. The molecule has 0 aliphatic heterocycles. The molecule has 0 aliphatic rings. The molecule has 0 atom stereocenters. The molecule has 3 amide bonds. The summed E-state index contributed by atoms with van der Waals surface area (Å²) in [4.78, 5) is 35.3. The Hall–Kier alpha value is -3.75. The number of rotatable bonds is 11. The molecule has 0 saturated carbocycles. The summed E-state index contributed by atoms with van der Waals surface area (Å²) in [5.74, 6) is -0.562. The van der Waals surface area contributed by atoms with E-state index >= 15 is 0 Å². The number of hydrogen-bond acceptors (Lipinski definition) is 6. The summed E-state index contributed by atoms with van der Waals surface area (Å²) in [6.07, 6.45) is 0.274. The predicted molar refractivity (Wildman–Crippen MR) is 110 cm³/mol. The van der Waals surface area contributed by atoms with Crippen molar-refractivity contribution in [3.8, 4) is 17.2 Å². The molecule has 9 heteroatoms. The fraction of sp³-hybridized carbons (Fsp3) is 0.286. The van der Waals surface area contributed by atoms with Gasteiger partial charge in [0.15, 0.2) is 18.1 Å². The summed E-state index contributed by atoms with van der Waals surface area (Å²) >= 11 is 0. The second-order valence-electron chi connectivity index (χ2n) is 6.23. The van der Waals surface area contributed by atoms with E-state index in [0.717, 1.165) is 5.56 Å². The Morgan fingerprint density at radius 1 is 0.933 bits per heavy atom. The van der Waals surface area contributed by atoms with E-state index in [0.29, 0.717) is 0 Å². The number of carbonyl (C=O) groups excluding carboxylic acids is 3. The van der Waals surface area contributed by atoms with Gasteiger partial charge in [-0.2, -0.15) is 0 Å². The van der Waals surface area contributed by atoms with Crippen LogP contribution in [0.2, 0.25) is 0 Å². The lowest BCUT2D eigenvalue weighted by Gasteiger charge is -2.15. The normalized spacial score (nSPS) is 10.1. The number of hydrogen-bond donors (Lipinski definition) is 3. The van der Waals surface area contributed by atoms with Crippen LogP contribution in [0.3, 0.4) is 0 Å². The van der Waals surface area contributed by atoms with Gasteiger partial charge in [-0.05, 0) is 17.7 Å². The number of ether oxygens (including phenoxy) is 3. The Balaban J connectivity index is 1.91. The Morgan fingerprint density at radius 2 is 1.53 bits per heavy atom. The molecule has 2 aromatic rings. The van der Waals surface area contributed by atoms with Crippen molar-refractivity contribution in [2.24, 2.45) is 5.73 Å². The molecule has 4 N–H and O–H groups in total. The van der Waals surface area contributed by atoms with E-state index in [1.807, 2.05) is 30.3 Å². The van der Waals surface area contributed by atoms with Crippen LogP contribution < -0.4 is 30.6 Å². The van der Waals surface area contributed by atoms with E-state index in [2.05, 4.69) is 10.6 Å². The van der Waals surface area contributed by atoms with Gasteiger partial charge in [-0.25, -0.2) is 0 Å². The molecular weight excluding hydrogens is 390 g/mol. The molecular formula is C21H25N3O6. The van der Waals surface area contributed by atoms with Gasteiger partial charge in [0, 0.05) is 18.7 Å². The molecule has 2 rings (SSSR count). The maximum absolute atomic E-state index is 12.4. The van der Waals surface area contributed by atoms with E-state index < -0.39 is 5.91 Å². The minimum absolute atomic E-state index is 0.130. The van der Waals surface area contributed by atoms with Crippen LogP contribution in [0.1, 0.15) is 15.9 Å². The largest absolute Gasteiger partial charge is 0.493 e. The van der Waals surface area contributed by atoms with E-state index in [9.17, 15) is 14.4 Å². The number of benzene rings is 2. The SMILES string of the molecule is COc1cc(C(=O)NCCNC(=O)Cc2ccccc2)cc(OC)c1OCC(N)=O. The van der Waals surface area contributed by atoms with Crippen LogP contribution in [0, 0.1) is 0 Å². The molecule has 0 unspecified atom stereocenters. The molecule has 0 radical (unpaired) electrons. The second-order valence-corrected chi connectivity index (χ2v) is 6.23. The third kappa shape index (κ3) is 6.69. The fourth-order valence-electron chi connectivity index (χ4n) is 2.62. The maximum Gasteiger partial charge on any atom is 0.255 e. The van der Waals surface area contributed by atoms with Crippen molar-refractivity contribution in [2.75, 3.05) is 33.9 Å². The third-order valence-electron chi connectivity index (χ3n) is 4.02. The highest BCUT2D eigenvalue weighted by molar-refractivity contribution is 5.95. The van der Waals surface area contributed by atoms with E-state index in [-0.39, 0.29) is 60.7 Å². The van der Waals surface area contributed by atoms with Gasteiger partial charge in [0.1, 0.15) is 0 Å². The molecule has 0 spiro atoms. The quantitative estimate of drug-likeness (QED) is 0.463. The average Bonchev–Trinajstić information content (AvgIpc) is 2.75. The van der Waals surface area contributed by atoms with Crippen molar-refractivity contribution in [3.05, 3.63) is 53.6 Å². The molecule has 30 heavy (non-hydrogen) atoms. The number of methoxy groups -OCH3 is 2. The molecule has 9 nitrogen and oxygen atoms in total. The first-order valence-electron chi connectivity index (χ1n) is 9.20. The summed E-state index contributed by atoms with van der Waals surface area (Å²) in [5, 5.41) is 5.46. The predicted octanol–water partition coefficient (Wildman–Crippen LogP) is 0.657. The Labute approximate surface area is 174 Å². The van der Waals surface area contributed by atoms with Crippen LogP contribution in [0.5, 0.6) is 17.2 Å². The van der Waals surface area contributed by atoms with Gasteiger partial charge in [0.2, 0.25) is 11.7 Å². The van der Waals surface area contributed by atoms with Crippen molar-refractivity contribution in [1.82, 2.24) is 10.6 Å². The number of amides is 3. The van der Waals surface area contributed by atoms with Gasteiger partial charge >= 0.3 is 0 Å². The van der Waals surface area contributed by atoms with Gasteiger partial charge < -0.3 is 30.6 Å². The van der Waals surface area contributed by atoms with Crippen molar-refractivity contribution in [3.63, 3.8) is 0 Å². The molecule has 0 bridgehead atoms. The van der Waals surface area contributed by atoms with Gasteiger partial charge in [-0.3, -0.25) is 14.4 Å². The first-order chi connectivity index (χ1) is 14.4. The summed E-state index contributed by atoms with van der Waals surface area (Å²) in [5.41, 5.74) is 6.28. The topological polar surface area (TPSA) is 129 Å². The minimum Gasteiger partial charge on any atom is -0.493 e. The molecule has 0 aliphatic carbocycles. The first-order valence-corrected chi connectivity index (χ1v) is 9.20. The third-order valence-corrected chi connectivity index (χ3v) is 4.02. The zero-order chi connectivity index (χ0) is 21.9. The minimum atomic E-state index is -0.657. The Morgan fingerprint density at radius 3 is 2.10 bits per heavy atom. The van der Waals surface area contributed by atoms with E-state index in [4.69, 9.17) is 19.9 Å². The average molecular weight is 415 g/mol. The van der Waals surface area contributed by atoms with Crippen LogP contribution in [0.25, 0.3) is 0 Å². The summed E-state index contributed by atoms with van der Waals surface area (Å²) < 4.78 is 15.8. The van der Waals surface area contributed by atoms with Crippen LogP contribution in [-0.4, -0.2) is 51.6 Å². The van der Waals surface area contributed by atoms with Crippen LogP contribution in [-0.2, 0) is 16.0 Å². The molecule has 0 heterocycles. The molecule has 0 fully saturated rings. The zero-order valence-corrected chi connectivity index (χ0v) is 16.9. The zero-order valence-electron chi connectivity index (χ0n) is 16.9. The highest BCUT2D eigenvalue weighted by atomic mass is 16.5. The number of nitrogens with two attached hydrogens (primary N) is 1. The van der Waals surface area contributed by atoms with Crippen molar-refractivity contribution in [1.29, 1.82) is 0 Å². The second kappa shape index (κ2) is 11.3. The Bertz CT molecular complexity index is 861. The van der Waals surface area contributed by atoms with Crippen LogP contribution in [0.15, 0.2) is 42.5 Å². The Kier molecular flexibility index (Phi) is 8.49. The van der Waals surface area contributed by atoms with Crippen molar-refractivity contribution >= 4 is 17.7 Å². The van der Waals surface area contributed by atoms with E-state index in [1.54, 1.807) is 0 Å². The fourth-order valence-corrected chi connectivity index (χ4v) is 2.62. The summed E-state index contributed by atoms with van der Waals surface area (Å²) in [6, 6.07) is 12.3. The maximum atomic E-state index is 12.4. The lowest BCUT2D eigenvalue weighted by molar-refractivity contribution is -0.121. The number of primary amides is 1. The van der Waals surface area contributed by atoms with Gasteiger partial charge in [-0.15, -0.1) is 0 Å². The molecule has 2 aromatic carbocycles. The number of carbonyl (C=O) groups is 3. The summed E-state index contributed by atoms with van der Waals surface area (Å²) in [6.45, 7) is 0.163. The van der Waals surface area contributed by atoms with Gasteiger partial charge in [0.05, 0.1) is 20.6 Å². The van der Waals surface area contributed by atoms with Crippen molar-refractivity contribution in [2.45, 2.75) is 6.42 Å². The highest BCUT2D eigenvalue weighted by Crippen LogP contribution is 2.38. The van der Waals surface area contributed by atoms with Gasteiger partial charge in [0.25, 0.3) is 11.8 Å². The standard InChI is InChI=1S/C21H25N3O6/c1-28-16-11-15(12-17(29-2)20(16)30-13-18(22)25)21(27)24-9-8-23-19(26)10-14-6-4-3-5-7-14/h3-7,11-12H,8-10,13H2,1-2H3,(H2,22,25)(H,23,26)(H,24,27). The summed E-state index contributed by atoms with van der Waals surface area (Å²) in [7, 11) is 2.80. The van der Waals surface area contributed by atoms with Crippen LogP contribution >= 0.6 is 0 Å². The number of nitrogens with one attached hydrogen (secondary N) is 2. The highest BCUT2D eigenvalue weighted by Gasteiger charge is 2.18. The molecule has 160 valence electrons. The van der Waals surface area contributed by atoms with Crippen molar-refractivity contribution < 1.29 is 28.6 Å². The van der Waals surface area contributed by atoms with Crippen LogP contribution in [0.4, 0.5) is 0 Å². The monoisotopic (exact) mass is 415 g/mol. The lowest BCUT2D eigenvalue weighted by Crippen LogP contribution is -2.35. The molecule has 0 saturated heterocycles. The smallest absolute Gasteiger partial charge is 0.255 e. The van der Waals surface area contributed by atoms with Gasteiger partial charge in [-0.1, -0.05) is 30.3 Å².